The van der Waals surface area contributed by atoms with Crippen molar-refractivity contribution in [2.24, 2.45) is 0 Å². The zero-order valence-corrected chi connectivity index (χ0v) is 17.5. The van der Waals surface area contributed by atoms with Gasteiger partial charge in [0.25, 0.3) is 5.91 Å². The second kappa shape index (κ2) is 8.56. The second-order valence-corrected chi connectivity index (χ2v) is 8.39. The smallest absolute Gasteiger partial charge is 0.288 e. The fourth-order valence-electron chi connectivity index (χ4n) is 4.43. The average Bonchev–Trinajstić information content (AvgIpc) is 3.03. The second-order valence-electron chi connectivity index (χ2n) is 7.95. The molecule has 5 nitrogen and oxygen atoms in total. The number of nitrogens with one attached hydrogen (secondary N) is 1. The molecule has 1 atom stereocenters. The Hall–Kier alpha value is -2.37. The highest BCUT2D eigenvalue weighted by molar-refractivity contribution is 6.30. The Morgan fingerprint density at radius 3 is 2.52 bits per heavy atom. The van der Waals surface area contributed by atoms with Gasteiger partial charge >= 0.3 is 0 Å². The van der Waals surface area contributed by atoms with Crippen LogP contribution in [0.15, 0.2) is 48.5 Å². The van der Waals surface area contributed by atoms with Crippen LogP contribution in [-0.4, -0.2) is 55.5 Å². The number of hydrogen-bond donors (Lipinski definition) is 1. The van der Waals surface area contributed by atoms with Gasteiger partial charge in [-0.2, -0.15) is 0 Å². The van der Waals surface area contributed by atoms with Gasteiger partial charge in [-0.3, -0.25) is 14.5 Å². The predicted molar refractivity (Wildman–Crippen MR) is 114 cm³/mol. The van der Waals surface area contributed by atoms with Gasteiger partial charge in [0.1, 0.15) is 0 Å². The monoisotopic (exact) mass is 412 g/mol. The summed E-state index contributed by atoms with van der Waals surface area (Å²) in [5.41, 5.74) is 3.52. The summed E-state index contributed by atoms with van der Waals surface area (Å²) in [6, 6.07) is 15.7. The Morgan fingerprint density at radius 1 is 1.07 bits per heavy atom. The molecule has 0 aromatic heterocycles. The zero-order chi connectivity index (χ0) is 20.4. The van der Waals surface area contributed by atoms with Crippen LogP contribution < -0.4 is 9.80 Å². The molecule has 2 saturated heterocycles. The van der Waals surface area contributed by atoms with Crippen LogP contribution in [0.4, 0.5) is 5.69 Å². The summed E-state index contributed by atoms with van der Waals surface area (Å²) in [7, 11) is 0. The molecule has 0 spiro atoms. The predicted octanol–water partition coefficient (Wildman–Crippen LogP) is 1.72. The van der Waals surface area contributed by atoms with Gasteiger partial charge in [-0.15, -0.1) is 0 Å². The van der Waals surface area contributed by atoms with E-state index in [4.69, 9.17) is 11.6 Å². The lowest BCUT2D eigenvalue weighted by Gasteiger charge is -2.36. The highest BCUT2D eigenvalue weighted by Crippen LogP contribution is 2.24. The number of rotatable bonds is 5. The Morgan fingerprint density at radius 2 is 1.79 bits per heavy atom. The van der Waals surface area contributed by atoms with E-state index in [0.29, 0.717) is 19.4 Å². The van der Waals surface area contributed by atoms with E-state index in [1.54, 1.807) is 0 Å². The van der Waals surface area contributed by atoms with Crippen molar-refractivity contribution in [1.29, 1.82) is 0 Å². The lowest BCUT2D eigenvalue weighted by Crippen LogP contribution is -3.19. The number of aryl methyl sites for hydroxylation is 1. The number of halogens is 1. The maximum Gasteiger partial charge on any atom is 0.288 e. The van der Waals surface area contributed by atoms with Crippen LogP contribution in [0, 0.1) is 6.92 Å². The number of nitrogens with zero attached hydrogens (tertiary/aromatic N) is 2. The van der Waals surface area contributed by atoms with Crippen molar-refractivity contribution in [3.05, 3.63) is 64.7 Å². The van der Waals surface area contributed by atoms with Gasteiger partial charge in [0.2, 0.25) is 5.91 Å². The molecular formula is C23H27ClN3O2+. The van der Waals surface area contributed by atoms with Crippen molar-refractivity contribution in [2.75, 3.05) is 37.6 Å². The zero-order valence-electron chi connectivity index (χ0n) is 16.7. The topological polar surface area (TPSA) is 45.1 Å². The standard InChI is InChI=1S/C23H26ClN3O2/c1-17-7-8-19(24)15-20(17)25-11-13-26(14-12-25)21-16-22(28)27(23(21)29)10-9-18-5-3-2-4-6-18/h2-8,15,21H,9-14,16H2,1H3/p+1/t21-/m0/s1. The fourth-order valence-corrected chi connectivity index (χ4v) is 4.60. The summed E-state index contributed by atoms with van der Waals surface area (Å²) >= 11 is 6.17. The fraction of sp³-hybridized carbons (Fsp3) is 0.391. The van der Waals surface area contributed by atoms with Gasteiger partial charge in [0.15, 0.2) is 6.04 Å². The minimum Gasteiger partial charge on any atom is -0.360 e. The maximum atomic E-state index is 12.9. The van der Waals surface area contributed by atoms with Crippen molar-refractivity contribution >= 4 is 29.1 Å². The first-order valence-corrected chi connectivity index (χ1v) is 10.6. The Labute approximate surface area is 176 Å². The van der Waals surface area contributed by atoms with Crippen LogP contribution in [0.25, 0.3) is 0 Å². The highest BCUT2D eigenvalue weighted by Gasteiger charge is 2.45. The first kappa shape index (κ1) is 19.9. The largest absolute Gasteiger partial charge is 0.360 e. The SMILES string of the molecule is Cc1ccc(Cl)cc1N1CC[NH+]([C@H]2CC(=O)N(CCc3ccccc3)C2=O)CC1. The van der Waals surface area contributed by atoms with E-state index in [-0.39, 0.29) is 17.9 Å². The number of anilines is 1. The van der Waals surface area contributed by atoms with E-state index in [2.05, 4.69) is 11.8 Å². The maximum absolute atomic E-state index is 12.9. The molecule has 0 bridgehead atoms. The Kier molecular flexibility index (Phi) is 5.88. The minimum absolute atomic E-state index is 0.00619. The molecule has 0 unspecified atom stereocenters. The average molecular weight is 413 g/mol. The van der Waals surface area contributed by atoms with Crippen LogP contribution in [0.1, 0.15) is 17.5 Å². The summed E-state index contributed by atoms with van der Waals surface area (Å²) < 4.78 is 0. The molecule has 2 amide bonds. The summed E-state index contributed by atoms with van der Waals surface area (Å²) in [5.74, 6) is -0.0372. The molecule has 152 valence electrons. The lowest BCUT2D eigenvalue weighted by atomic mass is 10.1. The van der Waals surface area contributed by atoms with Crippen LogP contribution in [0.5, 0.6) is 0 Å². The molecular weight excluding hydrogens is 386 g/mol. The summed E-state index contributed by atoms with van der Waals surface area (Å²) in [6.07, 6.45) is 1.04. The first-order chi connectivity index (χ1) is 14.0. The molecule has 29 heavy (non-hydrogen) atoms. The van der Waals surface area contributed by atoms with Gasteiger partial charge in [-0.05, 0) is 36.6 Å². The molecule has 0 radical (unpaired) electrons. The molecule has 2 aliphatic rings. The van der Waals surface area contributed by atoms with Gasteiger partial charge in [0.05, 0.1) is 32.6 Å². The summed E-state index contributed by atoms with van der Waals surface area (Å²) in [6.45, 7) is 5.98. The Balaban J connectivity index is 1.35. The number of benzene rings is 2. The van der Waals surface area contributed by atoms with Gasteiger partial charge in [0, 0.05) is 17.3 Å². The molecule has 2 aromatic carbocycles. The minimum atomic E-state index is -0.235. The third-order valence-corrected chi connectivity index (χ3v) is 6.36. The van der Waals surface area contributed by atoms with Crippen LogP contribution >= 0.6 is 11.6 Å². The van der Waals surface area contributed by atoms with Crippen molar-refractivity contribution in [3.8, 4) is 0 Å². The number of hydrogen-bond acceptors (Lipinski definition) is 3. The lowest BCUT2D eigenvalue weighted by molar-refractivity contribution is -0.915. The van der Waals surface area contributed by atoms with E-state index in [1.165, 1.54) is 15.4 Å². The molecule has 2 aliphatic heterocycles. The van der Waals surface area contributed by atoms with Crippen molar-refractivity contribution in [2.45, 2.75) is 25.8 Å². The number of quaternary nitrogens is 1. The number of carbonyl (C=O) groups is 2. The molecule has 6 heteroatoms. The normalized spacial score (nSPS) is 20.6. The van der Waals surface area contributed by atoms with Crippen LogP contribution in [0.3, 0.4) is 0 Å². The number of carbonyl (C=O) groups excluding carboxylic acids is 2. The van der Waals surface area contributed by atoms with Crippen LogP contribution in [-0.2, 0) is 16.0 Å². The molecule has 2 aromatic rings. The van der Waals surface area contributed by atoms with Crippen LogP contribution in [0.2, 0.25) is 5.02 Å². The third-order valence-electron chi connectivity index (χ3n) is 6.12. The van der Waals surface area contributed by atoms with Crippen molar-refractivity contribution in [1.82, 2.24) is 4.90 Å². The molecule has 1 N–H and O–H groups in total. The number of piperazine rings is 1. The Bertz CT molecular complexity index is 894. The highest BCUT2D eigenvalue weighted by atomic mass is 35.5. The molecule has 2 heterocycles. The molecule has 4 rings (SSSR count). The first-order valence-electron chi connectivity index (χ1n) is 10.3. The van der Waals surface area contributed by atoms with E-state index in [0.717, 1.165) is 42.5 Å². The third kappa shape index (κ3) is 4.31. The number of amides is 2. The molecule has 0 saturated carbocycles. The van der Waals surface area contributed by atoms with Gasteiger partial charge < -0.3 is 9.80 Å². The van der Waals surface area contributed by atoms with E-state index in [1.807, 2.05) is 48.5 Å². The van der Waals surface area contributed by atoms with E-state index < -0.39 is 0 Å². The van der Waals surface area contributed by atoms with Gasteiger partial charge in [-0.1, -0.05) is 48.0 Å². The number of likely N-dealkylation sites (tertiary alicyclic amines) is 1. The summed E-state index contributed by atoms with van der Waals surface area (Å²) in [4.78, 5) is 30.5. The quantitative estimate of drug-likeness (QED) is 0.761. The van der Waals surface area contributed by atoms with Gasteiger partial charge in [-0.25, -0.2) is 0 Å². The van der Waals surface area contributed by atoms with Crippen molar-refractivity contribution in [3.63, 3.8) is 0 Å². The molecule has 2 fully saturated rings. The van der Waals surface area contributed by atoms with E-state index >= 15 is 0 Å². The number of imide groups is 1. The summed E-state index contributed by atoms with van der Waals surface area (Å²) in [5, 5.41) is 0.742. The van der Waals surface area contributed by atoms with Crippen molar-refractivity contribution < 1.29 is 14.5 Å². The van der Waals surface area contributed by atoms with E-state index in [9.17, 15) is 9.59 Å². The molecule has 0 aliphatic carbocycles.